The summed E-state index contributed by atoms with van der Waals surface area (Å²) in [7, 11) is 0. The number of amides is 1. The van der Waals surface area contributed by atoms with Crippen LogP contribution in [-0.4, -0.2) is 10.9 Å². The fraction of sp³-hybridized carbons (Fsp3) is 0.0769. The van der Waals surface area contributed by atoms with Crippen molar-refractivity contribution in [2.45, 2.75) is 6.92 Å². The van der Waals surface area contributed by atoms with Crippen molar-refractivity contribution in [3.63, 3.8) is 0 Å². The molecular weight excluding hydrogens is 300 g/mol. The second kappa shape index (κ2) is 4.92. The van der Waals surface area contributed by atoms with Crippen molar-refractivity contribution in [1.82, 2.24) is 4.98 Å². The van der Waals surface area contributed by atoms with Crippen LogP contribution in [0.3, 0.4) is 0 Å². The summed E-state index contributed by atoms with van der Waals surface area (Å²) >= 11 is 8.92. The highest BCUT2D eigenvalue weighted by atomic mass is 35.5. The summed E-state index contributed by atoms with van der Waals surface area (Å²) in [5.41, 5.74) is 1.82. The number of fused-ring (bicyclic) bond motifs is 1. The summed E-state index contributed by atoms with van der Waals surface area (Å²) in [5, 5.41) is 5.96. The van der Waals surface area contributed by atoms with Gasteiger partial charge < -0.3 is 0 Å². The number of thiazole rings is 1. The molecule has 0 spiro atoms. The van der Waals surface area contributed by atoms with Crippen molar-refractivity contribution < 1.29 is 4.79 Å². The van der Waals surface area contributed by atoms with E-state index in [2.05, 4.69) is 10.3 Å². The van der Waals surface area contributed by atoms with Crippen molar-refractivity contribution in [2.24, 2.45) is 0 Å². The van der Waals surface area contributed by atoms with Gasteiger partial charge in [0.2, 0.25) is 0 Å². The van der Waals surface area contributed by atoms with E-state index in [-0.39, 0.29) is 5.91 Å². The minimum Gasteiger partial charge on any atom is -0.297 e. The predicted octanol–water partition coefficient (Wildman–Crippen LogP) is 4.57. The highest BCUT2D eigenvalue weighted by Crippen LogP contribution is 2.30. The van der Waals surface area contributed by atoms with Crippen molar-refractivity contribution in [2.75, 3.05) is 5.32 Å². The largest absolute Gasteiger partial charge is 0.297 e. The molecule has 0 saturated heterocycles. The quantitative estimate of drug-likeness (QED) is 0.753. The standard InChI is InChI=1S/C13H9ClN2OS2/c1-7-5-11-9(6-8(7)14)15-13(19-11)16-12(17)10-3-2-4-18-10/h2-6H,1H3,(H,15,16,17). The third-order valence-electron chi connectivity index (χ3n) is 2.63. The molecule has 0 saturated carbocycles. The van der Waals surface area contributed by atoms with Crippen LogP contribution in [0.2, 0.25) is 5.02 Å². The Hall–Kier alpha value is -1.43. The number of thiophene rings is 1. The number of carbonyl (C=O) groups is 1. The van der Waals surface area contributed by atoms with Gasteiger partial charge in [-0.3, -0.25) is 10.1 Å². The van der Waals surface area contributed by atoms with Crippen LogP contribution < -0.4 is 5.32 Å². The van der Waals surface area contributed by atoms with Crippen LogP contribution >= 0.6 is 34.3 Å². The molecule has 0 unspecified atom stereocenters. The minimum absolute atomic E-state index is 0.128. The number of benzene rings is 1. The van der Waals surface area contributed by atoms with Crippen molar-refractivity contribution >= 4 is 55.5 Å². The Bertz CT molecular complexity index is 710. The molecule has 1 amide bonds. The van der Waals surface area contributed by atoms with E-state index in [4.69, 9.17) is 11.6 Å². The molecule has 19 heavy (non-hydrogen) atoms. The minimum atomic E-state index is -0.128. The van der Waals surface area contributed by atoms with Crippen LogP contribution in [0.4, 0.5) is 5.13 Å². The van der Waals surface area contributed by atoms with Crippen LogP contribution in [0.25, 0.3) is 10.2 Å². The number of nitrogens with zero attached hydrogens (tertiary/aromatic N) is 1. The predicted molar refractivity (Wildman–Crippen MR) is 81.6 cm³/mol. The van der Waals surface area contributed by atoms with E-state index in [1.165, 1.54) is 22.7 Å². The Kier molecular flexibility index (Phi) is 3.26. The van der Waals surface area contributed by atoms with Crippen LogP contribution in [-0.2, 0) is 0 Å². The van der Waals surface area contributed by atoms with Gasteiger partial charge in [-0.05, 0) is 36.1 Å². The summed E-state index contributed by atoms with van der Waals surface area (Å²) in [6.07, 6.45) is 0. The second-order valence-corrected chi connectivity index (χ2v) is 6.41. The van der Waals surface area contributed by atoms with Crippen LogP contribution in [0.5, 0.6) is 0 Å². The zero-order valence-electron chi connectivity index (χ0n) is 9.94. The summed E-state index contributed by atoms with van der Waals surface area (Å²) < 4.78 is 1.02. The average Bonchev–Trinajstić information content (AvgIpc) is 2.98. The molecule has 3 rings (SSSR count). The third-order valence-corrected chi connectivity index (χ3v) is 4.84. The van der Waals surface area contributed by atoms with E-state index in [0.717, 1.165) is 15.8 Å². The van der Waals surface area contributed by atoms with E-state index in [1.54, 1.807) is 6.07 Å². The van der Waals surface area contributed by atoms with Crippen molar-refractivity contribution in [3.05, 3.63) is 45.1 Å². The number of rotatable bonds is 2. The Balaban J connectivity index is 1.92. The molecule has 0 aliphatic rings. The van der Waals surface area contributed by atoms with E-state index >= 15 is 0 Å². The summed E-state index contributed by atoms with van der Waals surface area (Å²) in [4.78, 5) is 17.0. The molecule has 2 heterocycles. The second-order valence-electron chi connectivity index (χ2n) is 4.02. The summed E-state index contributed by atoms with van der Waals surface area (Å²) in [6, 6.07) is 7.44. The van der Waals surface area contributed by atoms with Gasteiger partial charge in [0.05, 0.1) is 15.1 Å². The number of anilines is 1. The topological polar surface area (TPSA) is 42.0 Å². The summed E-state index contributed by atoms with van der Waals surface area (Å²) in [5.74, 6) is -0.128. The summed E-state index contributed by atoms with van der Waals surface area (Å²) in [6.45, 7) is 1.95. The first-order chi connectivity index (χ1) is 9.13. The lowest BCUT2D eigenvalue weighted by Gasteiger charge is -1.96. The lowest BCUT2D eigenvalue weighted by molar-refractivity contribution is 0.103. The first-order valence-corrected chi connectivity index (χ1v) is 7.62. The number of hydrogen-bond acceptors (Lipinski definition) is 4. The molecular formula is C13H9ClN2OS2. The van der Waals surface area contributed by atoms with E-state index in [1.807, 2.05) is 30.5 Å². The lowest BCUT2D eigenvalue weighted by Crippen LogP contribution is -2.09. The number of nitrogens with one attached hydrogen (secondary N) is 1. The zero-order valence-corrected chi connectivity index (χ0v) is 12.3. The van der Waals surface area contributed by atoms with Gasteiger partial charge in [0.1, 0.15) is 0 Å². The maximum atomic E-state index is 11.9. The van der Waals surface area contributed by atoms with Gasteiger partial charge in [-0.1, -0.05) is 29.0 Å². The highest BCUT2D eigenvalue weighted by Gasteiger charge is 2.11. The molecule has 96 valence electrons. The van der Waals surface area contributed by atoms with Crippen LogP contribution in [0, 0.1) is 6.92 Å². The molecule has 1 aromatic carbocycles. The van der Waals surface area contributed by atoms with Gasteiger partial charge in [0.25, 0.3) is 5.91 Å². The molecule has 0 atom stereocenters. The average molecular weight is 309 g/mol. The Morgan fingerprint density at radius 3 is 3.00 bits per heavy atom. The normalized spacial score (nSPS) is 10.8. The van der Waals surface area contributed by atoms with Gasteiger partial charge in [-0.2, -0.15) is 0 Å². The first-order valence-electron chi connectivity index (χ1n) is 5.55. The van der Waals surface area contributed by atoms with Crippen LogP contribution in [0.1, 0.15) is 15.2 Å². The SMILES string of the molecule is Cc1cc2sc(NC(=O)c3cccs3)nc2cc1Cl. The molecule has 0 bridgehead atoms. The fourth-order valence-corrected chi connectivity index (χ4v) is 3.39. The van der Waals surface area contributed by atoms with E-state index < -0.39 is 0 Å². The molecule has 1 N–H and O–H groups in total. The monoisotopic (exact) mass is 308 g/mol. The molecule has 3 nitrogen and oxygen atoms in total. The number of aromatic nitrogens is 1. The Labute approximate surface area is 122 Å². The number of aryl methyl sites for hydroxylation is 1. The smallest absolute Gasteiger partial charge is 0.267 e. The lowest BCUT2D eigenvalue weighted by atomic mass is 10.2. The van der Waals surface area contributed by atoms with Gasteiger partial charge in [0, 0.05) is 5.02 Å². The number of carbonyl (C=O) groups excluding carboxylic acids is 1. The Morgan fingerprint density at radius 1 is 1.42 bits per heavy atom. The van der Waals surface area contributed by atoms with Crippen molar-refractivity contribution in [3.8, 4) is 0 Å². The number of halogens is 1. The molecule has 2 aromatic heterocycles. The van der Waals surface area contributed by atoms with Crippen LogP contribution in [0.15, 0.2) is 29.6 Å². The van der Waals surface area contributed by atoms with Gasteiger partial charge in [0.15, 0.2) is 5.13 Å². The molecule has 0 radical (unpaired) electrons. The highest BCUT2D eigenvalue weighted by molar-refractivity contribution is 7.22. The van der Waals surface area contributed by atoms with E-state index in [9.17, 15) is 4.79 Å². The van der Waals surface area contributed by atoms with Crippen molar-refractivity contribution in [1.29, 1.82) is 0 Å². The maximum absolute atomic E-state index is 11.9. The molecule has 6 heteroatoms. The third kappa shape index (κ3) is 2.49. The van der Waals surface area contributed by atoms with Gasteiger partial charge in [-0.15, -0.1) is 11.3 Å². The Morgan fingerprint density at radius 2 is 2.26 bits per heavy atom. The zero-order chi connectivity index (χ0) is 13.4. The first kappa shape index (κ1) is 12.6. The molecule has 0 aliphatic carbocycles. The molecule has 0 fully saturated rings. The fourth-order valence-electron chi connectivity index (χ4n) is 1.67. The number of hydrogen-bond donors (Lipinski definition) is 1. The molecule has 0 aliphatic heterocycles. The van der Waals surface area contributed by atoms with E-state index in [0.29, 0.717) is 15.0 Å². The van der Waals surface area contributed by atoms with Gasteiger partial charge in [-0.25, -0.2) is 4.98 Å². The maximum Gasteiger partial charge on any atom is 0.267 e. The molecule has 3 aromatic rings. The van der Waals surface area contributed by atoms with Gasteiger partial charge >= 0.3 is 0 Å².